The maximum Gasteiger partial charge on any atom is 0.234 e. The van der Waals surface area contributed by atoms with Crippen LogP contribution in [0.2, 0.25) is 0 Å². The molecule has 0 atom stereocenters. The van der Waals surface area contributed by atoms with Gasteiger partial charge >= 0.3 is 0 Å². The number of nitrogens with one attached hydrogen (secondary N) is 3. The Bertz CT molecular complexity index is 496. The van der Waals surface area contributed by atoms with Gasteiger partial charge in [0.15, 0.2) is 5.96 Å². The molecule has 2 aliphatic rings. The largest absolute Gasteiger partial charge is 0.381 e. The minimum absolute atomic E-state index is 0. The first-order valence-electron chi connectivity index (χ1n) is 11.9. The van der Waals surface area contributed by atoms with E-state index in [1.165, 1.54) is 0 Å². The summed E-state index contributed by atoms with van der Waals surface area (Å²) >= 11 is 0. The predicted molar refractivity (Wildman–Crippen MR) is 136 cm³/mol. The average molecular weight is 554 g/mol. The van der Waals surface area contributed by atoms with Crippen LogP contribution in [-0.2, 0) is 14.3 Å². The standard InChI is InChI=1S/C22H43N5O3.HI/c1-3-10-24-21(28)17-27-12-6-20(7-13-27)26-22(23-4-2)25-11-5-14-30-18-19-8-15-29-16-9-19;/h19-20H,3-18H2,1-2H3,(H,24,28)(H2,23,25,26);1H. The molecule has 0 aromatic carbocycles. The Morgan fingerprint density at radius 3 is 2.55 bits per heavy atom. The molecule has 2 heterocycles. The highest BCUT2D eigenvalue weighted by Gasteiger charge is 2.21. The molecular weight excluding hydrogens is 509 g/mol. The lowest BCUT2D eigenvalue weighted by Gasteiger charge is -2.32. The summed E-state index contributed by atoms with van der Waals surface area (Å²) in [6.07, 6.45) is 6.21. The monoisotopic (exact) mass is 553 g/mol. The van der Waals surface area contributed by atoms with Gasteiger partial charge in [-0.15, -0.1) is 24.0 Å². The summed E-state index contributed by atoms with van der Waals surface area (Å²) < 4.78 is 11.2. The minimum Gasteiger partial charge on any atom is -0.381 e. The Hall–Kier alpha value is -0.650. The van der Waals surface area contributed by atoms with E-state index in [-0.39, 0.29) is 29.9 Å². The van der Waals surface area contributed by atoms with Gasteiger partial charge in [0.25, 0.3) is 0 Å². The molecule has 0 radical (unpaired) electrons. The van der Waals surface area contributed by atoms with Crippen LogP contribution in [0.1, 0.15) is 52.4 Å². The zero-order chi connectivity index (χ0) is 21.4. The Morgan fingerprint density at radius 2 is 1.87 bits per heavy atom. The van der Waals surface area contributed by atoms with Crippen molar-refractivity contribution in [1.29, 1.82) is 0 Å². The molecule has 3 N–H and O–H groups in total. The Morgan fingerprint density at radius 1 is 1.13 bits per heavy atom. The number of piperidine rings is 1. The molecule has 31 heavy (non-hydrogen) atoms. The lowest BCUT2D eigenvalue weighted by molar-refractivity contribution is -0.122. The average Bonchev–Trinajstić information content (AvgIpc) is 2.77. The molecule has 0 unspecified atom stereocenters. The lowest BCUT2D eigenvalue weighted by Crippen LogP contribution is -2.50. The predicted octanol–water partition coefficient (Wildman–Crippen LogP) is 1.98. The van der Waals surface area contributed by atoms with Gasteiger partial charge in [0.2, 0.25) is 5.91 Å². The molecular formula is C22H44IN5O3. The number of aliphatic imine (C=N–C) groups is 1. The van der Waals surface area contributed by atoms with Gasteiger partial charge < -0.3 is 25.4 Å². The van der Waals surface area contributed by atoms with E-state index in [0.717, 1.165) is 104 Å². The lowest BCUT2D eigenvalue weighted by atomic mass is 10.0. The quantitative estimate of drug-likeness (QED) is 0.148. The summed E-state index contributed by atoms with van der Waals surface area (Å²) in [5.41, 5.74) is 0. The Balaban J connectivity index is 0.00000480. The third kappa shape index (κ3) is 12.8. The van der Waals surface area contributed by atoms with Gasteiger partial charge in [0.1, 0.15) is 0 Å². The van der Waals surface area contributed by atoms with Crippen LogP contribution in [-0.4, -0.2) is 88.5 Å². The number of amides is 1. The number of rotatable bonds is 12. The molecule has 1 amide bonds. The second kappa shape index (κ2) is 17.9. The molecule has 0 bridgehead atoms. The molecule has 0 aromatic rings. The summed E-state index contributed by atoms with van der Waals surface area (Å²) in [6, 6.07) is 0.405. The van der Waals surface area contributed by atoms with Gasteiger partial charge in [0, 0.05) is 65.2 Å². The van der Waals surface area contributed by atoms with Gasteiger partial charge in [-0.25, -0.2) is 0 Å². The molecule has 9 heteroatoms. The Labute approximate surface area is 205 Å². The fraction of sp³-hybridized carbons (Fsp3) is 0.909. The normalized spacial score (nSPS) is 19.0. The van der Waals surface area contributed by atoms with E-state index in [1.807, 2.05) is 0 Å². The van der Waals surface area contributed by atoms with Crippen molar-refractivity contribution in [2.45, 2.75) is 58.4 Å². The number of hydrogen-bond acceptors (Lipinski definition) is 5. The van der Waals surface area contributed by atoms with E-state index in [0.29, 0.717) is 18.5 Å². The second-order valence-electron chi connectivity index (χ2n) is 8.29. The van der Waals surface area contributed by atoms with Crippen LogP contribution in [0.3, 0.4) is 0 Å². The second-order valence-corrected chi connectivity index (χ2v) is 8.29. The highest BCUT2D eigenvalue weighted by atomic mass is 127. The number of hydrogen-bond donors (Lipinski definition) is 3. The van der Waals surface area contributed by atoms with Crippen LogP contribution >= 0.6 is 24.0 Å². The van der Waals surface area contributed by atoms with Crippen LogP contribution < -0.4 is 16.0 Å². The molecule has 2 fully saturated rings. The molecule has 8 nitrogen and oxygen atoms in total. The number of carbonyl (C=O) groups excluding carboxylic acids is 1. The highest BCUT2D eigenvalue weighted by molar-refractivity contribution is 14.0. The minimum atomic E-state index is 0. The van der Waals surface area contributed by atoms with Gasteiger partial charge in [-0.3, -0.25) is 14.7 Å². The van der Waals surface area contributed by atoms with Crippen LogP contribution in [0, 0.1) is 5.92 Å². The third-order valence-corrected chi connectivity index (χ3v) is 5.62. The van der Waals surface area contributed by atoms with Crippen molar-refractivity contribution in [3.8, 4) is 0 Å². The topological polar surface area (TPSA) is 87.2 Å². The number of ether oxygens (including phenoxy) is 2. The number of guanidine groups is 1. The van der Waals surface area contributed by atoms with Crippen LogP contribution in [0.15, 0.2) is 4.99 Å². The molecule has 182 valence electrons. The van der Waals surface area contributed by atoms with Crippen molar-refractivity contribution in [2.75, 3.05) is 65.7 Å². The van der Waals surface area contributed by atoms with Crippen molar-refractivity contribution in [1.82, 2.24) is 20.9 Å². The van der Waals surface area contributed by atoms with Gasteiger partial charge in [0.05, 0.1) is 6.54 Å². The first kappa shape index (κ1) is 28.4. The van der Waals surface area contributed by atoms with Crippen molar-refractivity contribution in [3.63, 3.8) is 0 Å². The van der Waals surface area contributed by atoms with Gasteiger partial charge in [-0.1, -0.05) is 6.92 Å². The molecule has 0 aliphatic carbocycles. The zero-order valence-corrected chi connectivity index (χ0v) is 21.8. The summed E-state index contributed by atoms with van der Waals surface area (Å²) in [7, 11) is 0. The van der Waals surface area contributed by atoms with Crippen LogP contribution in [0.25, 0.3) is 0 Å². The number of nitrogens with zero attached hydrogens (tertiary/aromatic N) is 2. The van der Waals surface area contributed by atoms with Crippen LogP contribution in [0.5, 0.6) is 0 Å². The molecule has 2 aliphatic heterocycles. The fourth-order valence-electron chi connectivity index (χ4n) is 3.79. The van der Waals surface area contributed by atoms with Gasteiger partial charge in [-0.2, -0.15) is 0 Å². The smallest absolute Gasteiger partial charge is 0.234 e. The number of carbonyl (C=O) groups is 1. The highest BCUT2D eigenvalue weighted by Crippen LogP contribution is 2.14. The molecule has 0 saturated carbocycles. The first-order valence-corrected chi connectivity index (χ1v) is 11.9. The molecule has 2 rings (SSSR count). The van der Waals surface area contributed by atoms with E-state index in [4.69, 9.17) is 14.5 Å². The maximum absolute atomic E-state index is 11.9. The van der Waals surface area contributed by atoms with Crippen LogP contribution in [0.4, 0.5) is 0 Å². The van der Waals surface area contributed by atoms with Crippen molar-refractivity contribution < 1.29 is 14.3 Å². The van der Waals surface area contributed by atoms with Crippen molar-refractivity contribution in [2.24, 2.45) is 10.9 Å². The summed E-state index contributed by atoms with van der Waals surface area (Å²) in [4.78, 5) is 18.8. The van der Waals surface area contributed by atoms with E-state index < -0.39 is 0 Å². The third-order valence-electron chi connectivity index (χ3n) is 5.62. The first-order chi connectivity index (χ1) is 14.7. The van der Waals surface area contributed by atoms with E-state index in [9.17, 15) is 4.79 Å². The fourth-order valence-corrected chi connectivity index (χ4v) is 3.79. The summed E-state index contributed by atoms with van der Waals surface area (Å²) in [6.45, 7) is 12.3. The van der Waals surface area contributed by atoms with E-state index >= 15 is 0 Å². The SMILES string of the molecule is CCCNC(=O)CN1CCC(NC(=NCCCOCC2CCOCC2)NCC)CC1.I. The van der Waals surface area contributed by atoms with Crippen molar-refractivity contribution >= 4 is 35.8 Å². The molecule has 2 saturated heterocycles. The number of likely N-dealkylation sites (tertiary alicyclic amines) is 1. The Kier molecular flexibility index (Phi) is 16.3. The number of halogens is 1. The van der Waals surface area contributed by atoms with E-state index in [2.05, 4.69) is 34.7 Å². The summed E-state index contributed by atoms with van der Waals surface area (Å²) in [5.74, 6) is 1.68. The molecule has 0 spiro atoms. The summed E-state index contributed by atoms with van der Waals surface area (Å²) in [5, 5.41) is 9.86. The zero-order valence-electron chi connectivity index (χ0n) is 19.5. The maximum atomic E-state index is 11.9. The van der Waals surface area contributed by atoms with E-state index in [1.54, 1.807) is 0 Å². The van der Waals surface area contributed by atoms with Gasteiger partial charge in [-0.05, 0) is 51.4 Å². The molecule has 0 aromatic heterocycles. The van der Waals surface area contributed by atoms with Crippen molar-refractivity contribution in [3.05, 3.63) is 0 Å².